The van der Waals surface area contributed by atoms with Gasteiger partial charge in [-0.2, -0.15) is 0 Å². The van der Waals surface area contributed by atoms with E-state index in [0.717, 1.165) is 22.4 Å². The molecular formula is C18H22OS. The van der Waals surface area contributed by atoms with Crippen molar-refractivity contribution in [1.82, 2.24) is 0 Å². The first kappa shape index (κ1) is 15.1. The molecule has 0 heterocycles. The van der Waals surface area contributed by atoms with Crippen LogP contribution in [0.4, 0.5) is 0 Å². The first-order chi connectivity index (χ1) is 9.52. The zero-order valence-electron chi connectivity index (χ0n) is 12.6. The first-order valence-electron chi connectivity index (χ1n) is 7.01. The van der Waals surface area contributed by atoms with Crippen molar-refractivity contribution in [2.45, 2.75) is 38.7 Å². The maximum Gasteiger partial charge on any atom is 0.104 e. The van der Waals surface area contributed by atoms with Gasteiger partial charge >= 0.3 is 0 Å². The Morgan fingerprint density at radius 1 is 0.950 bits per heavy atom. The standard InChI is InChI=1S/C18H22OS/c1-5-20-16-8-6-15(7-9-16)18(19)17-11-13(3)12(2)10-14(17)4/h6-11,18-19H,5H2,1-4H3. The van der Waals surface area contributed by atoms with Crippen LogP contribution < -0.4 is 0 Å². The van der Waals surface area contributed by atoms with Gasteiger partial charge in [0, 0.05) is 4.90 Å². The quantitative estimate of drug-likeness (QED) is 0.814. The van der Waals surface area contributed by atoms with Crippen molar-refractivity contribution in [2.75, 3.05) is 5.75 Å². The van der Waals surface area contributed by atoms with Crippen molar-refractivity contribution >= 4 is 11.8 Å². The van der Waals surface area contributed by atoms with Crippen LogP contribution in [0.5, 0.6) is 0 Å². The van der Waals surface area contributed by atoms with Crippen molar-refractivity contribution in [3.63, 3.8) is 0 Å². The van der Waals surface area contributed by atoms with E-state index in [9.17, 15) is 5.11 Å². The molecule has 0 bridgehead atoms. The summed E-state index contributed by atoms with van der Waals surface area (Å²) >= 11 is 1.82. The Kier molecular flexibility index (Phi) is 4.90. The summed E-state index contributed by atoms with van der Waals surface area (Å²) < 4.78 is 0. The summed E-state index contributed by atoms with van der Waals surface area (Å²) in [5.74, 6) is 1.07. The molecule has 2 heteroatoms. The third-order valence-electron chi connectivity index (χ3n) is 3.68. The van der Waals surface area contributed by atoms with Crippen molar-refractivity contribution in [2.24, 2.45) is 0 Å². The molecule has 1 atom stereocenters. The van der Waals surface area contributed by atoms with Crippen LogP contribution in [0.15, 0.2) is 41.3 Å². The SMILES string of the molecule is CCSc1ccc(C(O)c2cc(C)c(C)cc2C)cc1. The number of aliphatic hydroxyl groups excluding tert-OH is 1. The molecule has 1 nitrogen and oxygen atoms in total. The molecule has 2 aromatic carbocycles. The van der Waals surface area contributed by atoms with Crippen molar-refractivity contribution in [1.29, 1.82) is 0 Å². The molecule has 0 spiro atoms. The average molecular weight is 286 g/mol. The molecule has 1 N–H and O–H groups in total. The largest absolute Gasteiger partial charge is 0.384 e. The molecular weight excluding hydrogens is 264 g/mol. The van der Waals surface area contributed by atoms with Gasteiger partial charge < -0.3 is 5.11 Å². The summed E-state index contributed by atoms with van der Waals surface area (Å²) in [5.41, 5.74) is 5.60. The lowest BCUT2D eigenvalue weighted by Gasteiger charge is -2.16. The average Bonchev–Trinajstić information content (AvgIpc) is 2.43. The lowest BCUT2D eigenvalue weighted by Crippen LogP contribution is -2.03. The summed E-state index contributed by atoms with van der Waals surface area (Å²) in [4.78, 5) is 1.25. The van der Waals surface area contributed by atoms with E-state index in [1.54, 1.807) is 0 Å². The predicted molar refractivity (Wildman–Crippen MR) is 87.6 cm³/mol. The summed E-state index contributed by atoms with van der Waals surface area (Å²) in [7, 11) is 0. The van der Waals surface area contributed by atoms with Crippen LogP contribution in [0, 0.1) is 20.8 Å². The Bertz CT molecular complexity index is 587. The Hall–Kier alpha value is -1.25. The molecule has 0 amide bonds. The highest BCUT2D eigenvalue weighted by molar-refractivity contribution is 7.99. The predicted octanol–water partition coefficient (Wildman–Crippen LogP) is 4.81. The van der Waals surface area contributed by atoms with Crippen molar-refractivity contribution in [3.05, 3.63) is 64.2 Å². The van der Waals surface area contributed by atoms with Gasteiger partial charge in [-0.05, 0) is 66.5 Å². The number of rotatable bonds is 4. The summed E-state index contributed by atoms with van der Waals surface area (Å²) in [5, 5.41) is 10.6. The van der Waals surface area contributed by atoms with Crippen LogP contribution in [0.25, 0.3) is 0 Å². The van der Waals surface area contributed by atoms with E-state index in [2.05, 4.69) is 52.0 Å². The van der Waals surface area contributed by atoms with Crippen LogP contribution in [0.1, 0.15) is 40.8 Å². The van der Waals surface area contributed by atoms with Gasteiger partial charge in [0.25, 0.3) is 0 Å². The second-order valence-electron chi connectivity index (χ2n) is 5.20. The minimum atomic E-state index is -0.546. The molecule has 0 aromatic heterocycles. The van der Waals surface area contributed by atoms with E-state index in [0.29, 0.717) is 0 Å². The molecule has 20 heavy (non-hydrogen) atoms. The minimum absolute atomic E-state index is 0.546. The third-order valence-corrected chi connectivity index (χ3v) is 4.58. The van der Waals surface area contributed by atoms with Gasteiger partial charge in [-0.1, -0.05) is 31.2 Å². The number of hydrogen-bond acceptors (Lipinski definition) is 2. The second-order valence-corrected chi connectivity index (χ2v) is 6.54. The van der Waals surface area contributed by atoms with Crippen LogP contribution >= 0.6 is 11.8 Å². The molecule has 1 unspecified atom stereocenters. The maximum atomic E-state index is 10.6. The molecule has 0 radical (unpaired) electrons. The highest BCUT2D eigenvalue weighted by atomic mass is 32.2. The number of aryl methyl sites for hydroxylation is 3. The van der Waals surface area contributed by atoms with Crippen molar-refractivity contribution in [3.8, 4) is 0 Å². The van der Waals surface area contributed by atoms with E-state index >= 15 is 0 Å². The second kappa shape index (κ2) is 6.47. The van der Waals surface area contributed by atoms with E-state index in [1.807, 2.05) is 23.9 Å². The molecule has 0 saturated carbocycles. The fourth-order valence-electron chi connectivity index (χ4n) is 2.37. The Morgan fingerprint density at radius 3 is 2.15 bits per heavy atom. The maximum absolute atomic E-state index is 10.6. The lowest BCUT2D eigenvalue weighted by atomic mass is 9.94. The number of benzene rings is 2. The Labute approximate surface area is 126 Å². The minimum Gasteiger partial charge on any atom is -0.384 e. The first-order valence-corrected chi connectivity index (χ1v) is 8.00. The molecule has 0 fully saturated rings. The van der Waals surface area contributed by atoms with E-state index in [1.165, 1.54) is 16.0 Å². The summed E-state index contributed by atoms with van der Waals surface area (Å²) in [6.07, 6.45) is -0.546. The van der Waals surface area contributed by atoms with E-state index in [-0.39, 0.29) is 0 Å². The van der Waals surface area contributed by atoms with Gasteiger partial charge in [-0.15, -0.1) is 11.8 Å². The lowest BCUT2D eigenvalue weighted by molar-refractivity contribution is 0.219. The zero-order valence-corrected chi connectivity index (χ0v) is 13.4. The molecule has 106 valence electrons. The molecule has 2 rings (SSSR count). The fraction of sp³-hybridized carbons (Fsp3) is 0.333. The number of hydrogen-bond donors (Lipinski definition) is 1. The normalized spacial score (nSPS) is 12.4. The van der Waals surface area contributed by atoms with Crippen LogP contribution in [-0.4, -0.2) is 10.9 Å². The Balaban J connectivity index is 2.31. The number of aliphatic hydroxyl groups is 1. The summed E-state index contributed by atoms with van der Waals surface area (Å²) in [6.45, 7) is 8.40. The molecule has 0 aliphatic carbocycles. The van der Waals surface area contributed by atoms with Gasteiger partial charge in [-0.25, -0.2) is 0 Å². The molecule has 2 aromatic rings. The number of thioether (sulfide) groups is 1. The fourth-order valence-corrected chi connectivity index (χ4v) is 3.03. The van der Waals surface area contributed by atoms with Gasteiger partial charge in [-0.3, -0.25) is 0 Å². The monoisotopic (exact) mass is 286 g/mol. The molecule has 0 saturated heterocycles. The van der Waals surface area contributed by atoms with Gasteiger partial charge in [0.15, 0.2) is 0 Å². The highest BCUT2D eigenvalue weighted by Gasteiger charge is 2.14. The summed E-state index contributed by atoms with van der Waals surface area (Å²) in [6, 6.07) is 12.5. The molecule has 0 aliphatic rings. The van der Waals surface area contributed by atoms with E-state index < -0.39 is 6.10 Å². The zero-order chi connectivity index (χ0) is 14.7. The molecule has 0 aliphatic heterocycles. The van der Waals surface area contributed by atoms with Gasteiger partial charge in [0.05, 0.1) is 0 Å². The third kappa shape index (κ3) is 3.25. The highest BCUT2D eigenvalue weighted by Crippen LogP contribution is 2.28. The smallest absolute Gasteiger partial charge is 0.104 e. The van der Waals surface area contributed by atoms with Gasteiger partial charge in [0.2, 0.25) is 0 Å². The topological polar surface area (TPSA) is 20.2 Å². The van der Waals surface area contributed by atoms with Gasteiger partial charge in [0.1, 0.15) is 6.10 Å². The van der Waals surface area contributed by atoms with Crippen LogP contribution in [-0.2, 0) is 0 Å². The van der Waals surface area contributed by atoms with Crippen LogP contribution in [0.3, 0.4) is 0 Å². The van der Waals surface area contributed by atoms with Crippen LogP contribution in [0.2, 0.25) is 0 Å². The van der Waals surface area contributed by atoms with E-state index in [4.69, 9.17) is 0 Å². The Morgan fingerprint density at radius 2 is 1.55 bits per heavy atom. The van der Waals surface area contributed by atoms with Crippen molar-refractivity contribution < 1.29 is 5.11 Å².